The number of amides is 1. The second-order valence-electron chi connectivity index (χ2n) is 5.23. The normalized spacial score (nSPS) is 12.2. The molecule has 23 heavy (non-hydrogen) atoms. The summed E-state index contributed by atoms with van der Waals surface area (Å²) in [6, 6.07) is 0.290. The van der Waals surface area contributed by atoms with Crippen molar-refractivity contribution in [3.05, 3.63) is 38.7 Å². The lowest BCUT2D eigenvalue weighted by atomic mass is 10.2. The highest BCUT2D eigenvalue weighted by Crippen LogP contribution is 2.11. The van der Waals surface area contributed by atoms with Crippen LogP contribution in [-0.2, 0) is 18.9 Å². The number of carboxylic acid groups (broad SMARTS) is 1. The van der Waals surface area contributed by atoms with Gasteiger partial charge >= 0.3 is 11.7 Å². The number of rotatable bonds is 3. The lowest BCUT2D eigenvalue weighted by molar-refractivity contribution is -0.141. The number of carbonyl (C=O) groups excluding carboxylic acids is 1. The van der Waals surface area contributed by atoms with Gasteiger partial charge in [0, 0.05) is 27.3 Å². The average molecular weight is 320 g/mol. The van der Waals surface area contributed by atoms with Crippen molar-refractivity contribution in [1.29, 1.82) is 0 Å². The lowest BCUT2D eigenvalue weighted by Crippen LogP contribution is -2.40. The molecule has 1 unspecified atom stereocenters. The van der Waals surface area contributed by atoms with Crippen LogP contribution in [0.15, 0.2) is 21.9 Å². The number of pyridine rings is 1. The van der Waals surface area contributed by atoms with Crippen LogP contribution in [0.25, 0.3) is 11.0 Å². The number of carbonyl (C=O) groups is 2. The second kappa shape index (κ2) is 5.67. The molecule has 0 aromatic carbocycles. The molecule has 122 valence electrons. The molecule has 0 bridgehead atoms. The fraction of sp³-hybridized carbons (Fsp3) is 0.357. The summed E-state index contributed by atoms with van der Waals surface area (Å²) in [6.45, 7) is 1.37. The molecular weight excluding hydrogens is 304 g/mol. The molecule has 0 saturated heterocycles. The van der Waals surface area contributed by atoms with Gasteiger partial charge in [-0.2, -0.15) is 0 Å². The monoisotopic (exact) mass is 320 g/mol. The summed E-state index contributed by atoms with van der Waals surface area (Å²) in [6.07, 6.45) is 1.22. The van der Waals surface area contributed by atoms with Crippen molar-refractivity contribution < 1.29 is 14.7 Å². The van der Waals surface area contributed by atoms with Gasteiger partial charge in [-0.05, 0) is 13.0 Å². The largest absolute Gasteiger partial charge is 0.480 e. The predicted molar refractivity (Wildman–Crippen MR) is 81.4 cm³/mol. The first-order chi connectivity index (χ1) is 10.7. The number of aryl methyl sites for hydroxylation is 1. The van der Waals surface area contributed by atoms with Gasteiger partial charge in [-0.25, -0.2) is 14.6 Å². The standard InChI is InChI=1S/C14H16N4O5/c1-7(13(21)22)16(2)11(19)8-5-9-10(15-6-8)17(3)14(23)18(4)12(9)20/h5-7H,1-4H3,(H,21,22). The van der Waals surface area contributed by atoms with E-state index in [4.69, 9.17) is 5.11 Å². The third-order valence-corrected chi connectivity index (χ3v) is 3.80. The maximum absolute atomic E-state index is 12.3. The van der Waals surface area contributed by atoms with Crippen molar-refractivity contribution in [2.24, 2.45) is 14.1 Å². The van der Waals surface area contributed by atoms with Crippen molar-refractivity contribution in [3.8, 4) is 0 Å². The number of carboxylic acids is 1. The quantitative estimate of drug-likeness (QED) is 0.790. The molecule has 0 radical (unpaired) electrons. The number of aromatic nitrogens is 3. The van der Waals surface area contributed by atoms with E-state index in [0.29, 0.717) is 0 Å². The molecule has 0 fully saturated rings. The molecule has 1 N–H and O–H groups in total. The number of nitrogens with zero attached hydrogens (tertiary/aromatic N) is 4. The van der Waals surface area contributed by atoms with Crippen LogP contribution in [-0.4, -0.2) is 49.1 Å². The van der Waals surface area contributed by atoms with Gasteiger partial charge in [-0.15, -0.1) is 0 Å². The topological polar surface area (TPSA) is 114 Å². The molecular formula is C14H16N4O5. The Balaban J connectivity index is 2.62. The fourth-order valence-electron chi connectivity index (χ4n) is 2.13. The van der Waals surface area contributed by atoms with E-state index >= 15 is 0 Å². The Morgan fingerprint density at radius 3 is 2.43 bits per heavy atom. The zero-order valence-electron chi connectivity index (χ0n) is 13.1. The third-order valence-electron chi connectivity index (χ3n) is 3.80. The number of aliphatic carboxylic acids is 1. The van der Waals surface area contributed by atoms with Gasteiger partial charge in [-0.3, -0.25) is 18.7 Å². The van der Waals surface area contributed by atoms with Gasteiger partial charge in [0.05, 0.1) is 10.9 Å². The van der Waals surface area contributed by atoms with Crippen LogP contribution in [0.4, 0.5) is 0 Å². The Morgan fingerprint density at radius 1 is 1.26 bits per heavy atom. The van der Waals surface area contributed by atoms with Gasteiger partial charge in [0.1, 0.15) is 11.7 Å². The highest BCUT2D eigenvalue weighted by molar-refractivity contribution is 5.98. The van der Waals surface area contributed by atoms with Crippen LogP contribution in [0.3, 0.4) is 0 Å². The molecule has 0 aliphatic rings. The smallest absolute Gasteiger partial charge is 0.332 e. The zero-order valence-corrected chi connectivity index (χ0v) is 13.1. The predicted octanol–water partition coefficient (Wildman–Crippen LogP) is -0.823. The molecule has 1 atom stereocenters. The summed E-state index contributed by atoms with van der Waals surface area (Å²) in [5, 5.41) is 9.07. The Hall–Kier alpha value is -2.97. The summed E-state index contributed by atoms with van der Waals surface area (Å²) in [4.78, 5) is 52.4. The molecule has 2 aromatic rings. The zero-order chi connectivity index (χ0) is 17.5. The van der Waals surface area contributed by atoms with Crippen LogP contribution in [0, 0.1) is 0 Å². The van der Waals surface area contributed by atoms with E-state index in [1.165, 1.54) is 44.9 Å². The van der Waals surface area contributed by atoms with Crippen molar-refractivity contribution in [1.82, 2.24) is 19.0 Å². The lowest BCUT2D eigenvalue weighted by Gasteiger charge is -2.21. The van der Waals surface area contributed by atoms with Gasteiger partial charge in [0.25, 0.3) is 11.5 Å². The average Bonchev–Trinajstić information content (AvgIpc) is 2.55. The first-order valence-corrected chi connectivity index (χ1v) is 6.72. The van der Waals surface area contributed by atoms with Crippen LogP contribution in [0.1, 0.15) is 17.3 Å². The minimum Gasteiger partial charge on any atom is -0.480 e. The van der Waals surface area contributed by atoms with Gasteiger partial charge in [-0.1, -0.05) is 0 Å². The number of hydrogen-bond donors (Lipinski definition) is 1. The van der Waals surface area contributed by atoms with Crippen LogP contribution >= 0.6 is 0 Å². The fourth-order valence-corrected chi connectivity index (χ4v) is 2.13. The number of hydrogen-bond acceptors (Lipinski definition) is 5. The third kappa shape index (κ3) is 2.60. The Bertz CT molecular complexity index is 927. The van der Waals surface area contributed by atoms with Crippen molar-refractivity contribution in [2.75, 3.05) is 7.05 Å². The molecule has 2 rings (SSSR count). The van der Waals surface area contributed by atoms with Gasteiger partial charge in [0.15, 0.2) is 0 Å². The van der Waals surface area contributed by atoms with Gasteiger partial charge < -0.3 is 10.0 Å². The molecule has 1 amide bonds. The summed E-state index contributed by atoms with van der Waals surface area (Å²) in [5.74, 6) is -1.72. The van der Waals surface area contributed by atoms with Crippen LogP contribution in [0.2, 0.25) is 0 Å². The van der Waals surface area contributed by atoms with E-state index in [-0.39, 0.29) is 16.6 Å². The summed E-state index contributed by atoms with van der Waals surface area (Å²) >= 11 is 0. The molecule has 2 aromatic heterocycles. The molecule has 0 saturated carbocycles. The maximum Gasteiger partial charge on any atom is 0.332 e. The molecule has 0 spiro atoms. The van der Waals surface area contributed by atoms with E-state index in [1.807, 2.05) is 0 Å². The van der Waals surface area contributed by atoms with E-state index in [2.05, 4.69) is 4.98 Å². The number of likely N-dealkylation sites (N-methyl/N-ethyl adjacent to an activating group) is 1. The first kappa shape index (κ1) is 16.4. The molecule has 0 aliphatic carbocycles. The Labute approximate surface area is 130 Å². The highest BCUT2D eigenvalue weighted by atomic mass is 16.4. The summed E-state index contributed by atoms with van der Waals surface area (Å²) in [5.41, 5.74) is -0.864. The van der Waals surface area contributed by atoms with Crippen molar-refractivity contribution in [2.45, 2.75) is 13.0 Å². The van der Waals surface area contributed by atoms with Crippen molar-refractivity contribution in [3.63, 3.8) is 0 Å². The van der Waals surface area contributed by atoms with Crippen molar-refractivity contribution >= 4 is 22.9 Å². The van der Waals surface area contributed by atoms with E-state index in [9.17, 15) is 19.2 Å². The summed E-state index contributed by atoms with van der Waals surface area (Å²) < 4.78 is 2.12. The number of fused-ring (bicyclic) bond motifs is 1. The second-order valence-corrected chi connectivity index (χ2v) is 5.23. The Kier molecular flexibility index (Phi) is 4.04. The first-order valence-electron chi connectivity index (χ1n) is 6.72. The van der Waals surface area contributed by atoms with Crippen LogP contribution < -0.4 is 11.2 Å². The maximum atomic E-state index is 12.3. The molecule has 9 nitrogen and oxygen atoms in total. The van der Waals surface area contributed by atoms with E-state index < -0.39 is 29.2 Å². The minimum absolute atomic E-state index is 0.0730. The van der Waals surface area contributed by atoms with E-state index in [0.717, 1.165) is 9.47 Å². The van der Waals surface area contributed by atoms with E-state index in [1.54, 1.807) is 0 Å². The van der Waals surface area contributed by atoms with Crippen LogP contribution in [0.5, 0.6) is 0 Å². The highest BCUT2D eigenvalue weighted by Gasteiger charge is 2.23. The molecule has 9 heteroatoms. The molecule has 0 aliphatic heterocycles. The summed E-state index contributed by atoms with van der Waals surface area (Å²) in [7, 11) is 4.15. The SMILES string of the molecule is CC(C(=O)O)N(C)C(=O)c1cnc2c(c1)c(=O)n(C)c(=O)n2C. The van der Waals surface area contributed by atoms with Gasteiger partial charge in [0.2, 0.25) is 0 Å². The Morgan fingerprint density at radius 2 is 1.87 bits per heavy atom. The minimum atomic E-state index is -1.15. The molecule has 2 heterocycles.